The predicted octanol–water partition coefficient (Wildman–Crippen LogP) is 2.44. The Kier molecular flexibility index (Phi) is 4.01. The largest absolute Gasteiger partial charge is 0.274 e. The van der Waals surface area contributed by atoms with E-state index >= 15 is 0 Å². The number of anilines is 1. The van der Waals surface area contributed by atoms with Crippen molar-refractivity contribution in [3.8, 4) is 0 Å². The Balaban J connectivity index is 1.54. The maximum Gasteiger partial charge on any atom is 0.269 e. The van der Waals surface area contributed by atoms with Gasteiger partial charge in [-0.05, 0) is 31.0 Å². The van der Waals surface area contributed by atoms with Gasteiger partial charge in [-0.2, -0.15) is 0 Å². The first-order valence-electron chi connectivity index (χ1n) is 9.69. The quantitative estimate of drug-likeness (QED) is 0.453. The normalized spacial score (nSPS) is 26.8. The van der Waals surface area contributed by atoms with Crippen molar-refractivity contribution in [2.45, 2.75) is 25.4 Å². The summed E-state index contributed by atoms with van der Waals surface area (Å²) < 4.78 is 0. The zero-order valence-corrected chi connectivity index (χ0v) is 15.9. The highest BCUT2D eigenvalue weighted by Gasteiger charge is 2.62. The molecule has 148 valence electrons. The molecule has 3 fully saturated rings. The lowest BCUT2D eigenvalue weighted by Crippen LogP contribution is -2.44. The zero-order valence-electron chi connectivity index (χ0n) is 15.9. The lowest BCUT2D eigenvalue weighted by Gasteiger charge is -2.29. The Morgan fingerprint density at radius 1 is 0.897 bits per heavy atom. The van der Waals surface area contributed by atoms with Crippen molar-refractivity contribution in [1.29, 1.82) is 0 Å². The predicted molar refractivity (Wildman–Crippen MR) is 105 cm³/mol. The third kappa shape index (κ3) is 2.60. The first-order valence-corrected chi connectivity index (χ1v) is 9.69. The van der Waals surface area contributed by atoms with Crippen molar-refractivity contribution in [3.05, 3.63) is 69.8 Å². The fourth-order valence-electron chi connectivity index (χ4n) is 4.85. The number of non-ortho nitro benzene ring substituents is 1. The number of rotatable bonds is 3. The van der Waals surface area contributed by atoms with Gasteiger partial charge in [0.25, 0.3) is 11.6 Å². The third-order valence-electron chi connectivity index (χ3n) is 6.14. The fourth-order valence-corrected chi connectivity index (χ4v) is 4.85. The molecule has 8 nitrogen and oxygen atoms in total. The number of carbonyl (C=O) groups is 2. The highest BCUT2D eigenvalue weighted by Crippen LogP contribution is 2.48. The van der Waals surface area contributed by atoms with Crippen LogP contribution < -0.4 is 4.90 Å². The van der Waals surface area contributed by atoms with E-state index in [1.807, 2.05) is 36.2 Å². The van der Waals surface area contributed by atoms with E-state index in [0.717, 1.165) is 30.6 Å². The molecule has 0 N–H and O–H groups in total. The maximum absolute atomic E-state index is 13.4. The molecule has 3 heterocycles. The number of amides is 2. The summed E-state index contributed by atoms with van der Waals surface area (Å²) in [6.45, 7) is 3.59. The van der Waals surface area contributed by atoms with Crippen LogP contribution in [0.1, 0.15) is 23.6 Å². The van der Waals surface area contributed by atoms with Crippen LogP contribution in [0, 0.1) is 23.0 Å². The Labute approximate surface area is 167 Å². The van der Waals surface area contributed by atoms with Crippen LogP contribution in [0.3, 0.4) is 0 Å². The Bertz CT molecular complexity index is 1000. The molecule has 3 aliphatic heterocycles. The molecule has 0 bridgehead atoms. The number of hydrogen-bond acceptors (Lipinski definition) is 6. The van der Waals surface area contributed by atoms with Crippen molar-refractivity contribution in [1.82, 2.24) is 10.0 Å². The summed E-state index contributed by atoms with van der Waals surface area (Å²) in [7, 11) is 0. The number of imide groups is 1. The number of fused-ring (bicyclic) bond motifs is 3. The lowest BCUT2D eigenvalue weighted by molar-refractivity contribution is -0.384. The SMILES string of the molecule is Cc1ccc([C@@H]2[C@@H]3C(=O)N(c4ccc([N+](=O)[O-])cc4)C(=O)[C@@H]3N3CCCN23)cc1. The van der Waals surface area contributed by atoms with Crippen LogP contribution in [0.15, 0.2) is 48.5 Å². The Morgan fingerprint density at radius 3 is 2.14 bits per heavy atom. The number of nitro benzene ring substituents is 1. The Hall–Kier alpha value is -3.10. The molecule has 5 rings (SSSR count). The molecule has 3 saturated heterocycles. The monoisotopic (exact) mass is 392 g/mol. The van der Waals surface area contributed by atoms with Gasteiger partial charge in [-0.15, -0.1) is 0 Å². The van der Waals surface area contributed by atoms with Gasteiger partial charge < -0.3 is 0 Å². The molecular weight excluding hydrogens is 372 g/mol. The minimum absolute atomic E-state index is 0.0729. The van der Waals surface area contributed by atoms with E-state index in [1.54, 1.807) is 0 Å². The summed E-state index contributed by atoms with van der Waals surface area (Å²) >= 11 is 0. The van der Waals surface area contributed by atoms with E-state index in [-0.39, 0.29) is 23.5 Å². The number of nitro groups is 1. The first kappa shape index (κ1) is 18.0. The minimum atomic E-state index is -0.522. The number of nitrogens with zero attached hydrogens (tertiary/aromatic N) is 4. The van der Waals surface area contributed by atoms with Crippen molar-refractivity contribution in [2.75, 3.05) is 18.0 Å². The topological polar surface area (TPSA) is 87.0 Å². The number of benzene rings is 2. The second-order valence-electron chi connectivity index (χ2n) is 7.79. The summed E-state index contributed by atoms with van der Waals surface area (Å²) in [4.78, 5) is 38.3. The zero-order chi connectivity index (χ0) is 20.3. The molecule has 2 amide bonds. The smallest absolute Gasteiger partial charge is 0.269 e. The summed E-state index contributed by atoms with van der Waals surface area (Å²) in [5, 5.41) is 15.1. The van der Waals surface area contributed by atoms with E-state index < -0.39 is 16.9 Å². The van der Waals surface area contributed by atoms with Gasteiger partial charge in [0, 0.05) is 25.2 Å². The number of hydrogen-bond donors (Lipinski definition) is 0. The molecule has 8 heteroatoms. The van der Waals surface area contributed by atoms with Gasteiger partial charge in [0.05, 0.1) is 22.6 Å². The van der Waals surface area contributed by atoms with E-state index in [2.05, 4.69) is 5.01 Å². The van der Waals surface area contributed by atoms with Crippen LogP contribution in [-0.2, 0) is 9.59 Å². The van der Waals surface area contributed by atoms with Crippen molar-refractivity contribution in [3.63, 3.8) is 0 Å². The first-order chi connectivity index (χ1) is 14.0. The molecule has 0 aliphatic carbocycles. The van der Waals surface area contributed by atoms with Crippen LogP contribution in [-0.4, -0.2) is 45.9 Å². The molecule has 0 unspecified atom stereocenters. The van der Waals surface area contributed by atoms with Gasteiger partial charge in [-0.1, -0.05) is 29.8 Å². The average Bonchev–Trinajstić information content (AvgIpc) is 3.35. The minimum Gasteiger partial charge on any atom is -0.274 e. The number of aryl methyl sites for hydroxylation is 1. The summed E-state index contributed by atoms with van der Waals surface area (Å²) in [6.07, 6.45) is 0.949. The maximum atomic E-state index is 13.4. The van der Waals surface area contributed by atoms with E-state index in [0.29, 0.717) is 5.69 Å². The second kappa shape index (κ2) is 6.47. The molecule has 29 heavy (non-hydrogen) atoms. The van der Waals surface area contributed by atoms with Crippen molar-refractivity contribution < 1.29 is 14.5 Å². The van der Waals surface area contributed by atoms with Crippen LogP contribution in [0.25, 0.3) is 0 Å². The standard InChI is InChI=1S/C21H20N4O4/c1-13-3-5-14(6-4-13)18-17-19(23-12-2-11-22(18)23)21(27)24(20(17)26)15-7-9-16(10-8-15)25(28)29/h3-10,17-19H,2,11-12H2,1H3/t17-,18+,19+/m0/s1. The van der Waals surface area contributed by atoms with Crippen molar-refractivity contribution in [2.24, 2.45) is 5.92 Å². The summed E-state index contributed by atoms with van der Waals surface area (Å²) in [5.41, 5.74) is 2.48. The molecule has 0 saturated carbocycles. The van der Waals surface area contributed by atoms with Gasteiger partial charge in [-0.3, -0.25) is 19.7 Å². The highest BCUT2D eigenvalue weighted by molar-refractivity contribution is 6.24. The fraction of sp³-hybridized carbons (Fsp3) is 0.333. The van der Waals surface area contributed by atoms with Gasteiger partial charge in [0.2, 0.25) is 5.91 Å². The van der Waals surface area contributed by atoms with Crippen LogP contribution in [0.4, 0.5) is 11.4 Å². The highest BCUT2D eigenvalue weighted by atomic mass is 16.6. The lowest BCUT2D eigenvalue weighted by atomic mass is 9.89. The molecule has 0 aromatic heterocycles. The molecule has 2 aromatic rings. The molecule has 2 aromatic carbocycles. The molecule has 0 spiro atoms. The van der Waals surface area contributed by atoms with Gasteiger partial charge in [0.15, 0.2) is 0 Å². The number of hydrazine groups is 1. The van der Waals surface area contributed by atoms with Crippen LogP contribution in [0.5, 0.6) is 0 Å². The third-order valence-corrected chi connectivity index (χ3v) is 6.14. The Morgan fingerprint density at radius 2 is 1.52 bits per heavy atom. The van der Waals surface area contributed by atoms with Gasteiger partial charge >= 0.3 is 0 Å². The molecule has 0 radical (unpaired) electrons. The molecule has 3 atom stereocenters. The van der Waals surface area contributed by atoms with Crippen molar-refractivity contribution >= 4 is 23.2 Å². The van der Waals surface area contributed by atoms with E-state index in [4.69, 9.17) is 0 Å². The van der Waals surface area contributed by atoms with Crippen LogP contribution >= 0.6 is 0 Å². The van der Waals surface area contributed by atoms with E-state index in [1.165, 1.54) is 29.2 Å². The van der Waals surface area contributed by atoms with Crippen LogP contribution in [0.2, 0.25) is 0 Å². The molecule has 3 aliphatic rings. The summed E-state index contributed by atoms with van der Waals surface area (Å²) in [6, 6.07) is 13.0. The summed E-state index contributed by atoms with van der Waals surface area (Å²) in [5.74, 6) is -0.982. The number of carbonyl (C=O) groups excluding carboxylic acids is 2. The molecular formula is C21H20N4O4. The van der Waals surface area contributed by atoms with Gasteiger partial charge in [-0.25, -0.2) is 14.9 Å². The van der Waals surface area contributed by atoms with E-state index in [9.17, 15) is 19.7 Å². The van der Waals surface area contributed by atoms with Gasteiger partial charge in [0.1, 0.15) is 6.04 Å². The average molecular weight is 392 g/mol. The second-order valence-corrected chi connectivity index (χ2v) is 7.79.